The van der Waals surface area contributed by atoms with Crippen LogP contribution in [0.15, 0.2) is 0 Å². The molecule has 0 bridgehead atoms. The molecule has 0 aromatic rings. The highest BCUT2D eigenvalue weighted by Crippen LogP contribution is 2.16. The second-order valence-electron chi connectivity index (χ2n) is 17.1. The lowest BCUT2D eigenvalue weighted by Gasteiger charge is -2.18. The van der Waals surface area contributed by atoms with E-state index in [1.807, 2.05) is 0 Å². The van der Waals surface area contributed by atoms with Crippen LogP contribution in [0.25, 0.3) is 0 Å². The van der Waals surface area contributed by atoms with Crippen LogP contribution in [0.4, 0.5) is 0 Å². The average molecular weight is 793 g/mol. The van der Waals surface area contributed by atoms with Crippen molar-refractivity contribution < 1.29 is 28.6 Å². The van der Waals surface area contributed by atoms with Crippen molar-refractivity contribution in [3.05, 3.63) is 0 Å². The zero-order valence-electron chi connectivity index (χ0n) is 37.9. The Morgan fingerprint density at radius 2 is 0.482 bits per heavy atom. The van der Waals surface area contributed by atoms with Crippen LogP contribution in [-0.4, -0.2) is 37.2 Å². The first kappa shape index (κ1) is 54.4. The van der Waals surface area contributed by atoms with Gasteiger partial charge >= 0.3 is 17.9 Å². The summed E-state index contributed by atoms with van der Waals surface area (Å²) in [7, 11) is 0. The molecule has 0 fully saturated rings. The fourth-order valence-corrected chi connectivity index (χ4v) is 7.56. The molecule has 0 aromatic carbocycles. The first-order valence-electron chi connectivity index (χ1n) is 25.0. The highest BCUT2D eigenvalue weighted by atomic mass is 16.6. The zero-order chi connectivity index (χ0) is 40.8. The van der Waals surface area contributed by atoms with Gasteiger partial charge in [-0.25, -0.2) is 0 Å². The van der Waals surface area contributed by atoms with Crippen molar-refractivity contribution in [2.75, 3.05) is 13.2 Å². The number of hydrogen-bond donors (Lipinski definition) is 0. The Kier molecular flexibility index (Phi) is 44.8. The molecular weight excluding hydrogens is 697 g/mol. The Labute approximate surface area is 348 Å². The van der Waals surface area contributed by atoms with Crippen LogP contribution in [0.2, 0.25) is 0 Å². The second-order valence-corrected chi connectivity index (χ2v) is 17.1. The average Bonchev–Trinajstić information content (AvgIpc) is 3.19. The molecule has 0 N–H and O–H groups in total. The number of esters is 3. The molecule has 56 heavy (non-hydrogen) atoms. The van der Waals surface area contributed by atoms with E-state index in [1.165, 1.54) is 186 Å². The number of ether oxygens (including phenoxy) is 3. The molecule has 0 rings (SSSR count). The summed E-state index contributed by atoms with van der Waals surface area (Å²) in [5.41, 5.74) is 0. The molecule has 6 nitrogen and oxygen atoms in total. The zero-order valence-corrected chi connectivity index (χ0v) is 37.9. The molecule has 0 saturated heterocycles. The Morgan fingerprint density at radius 1 is 0.286 bits per heavy atom. The van der Waals surface area contributed by atoms with Crippen LogP contribution in [0.1, 0.15) is 284 Å². The quantitative estimate of drug-likeness (QED) is 0.0347. The van der Waals surface area contributed by atoms with E-state index in [1.54, 1.807) is 0 Å². The van der Waals surface area contributed by atoms with E-state index in [4.69, 9.17) is 14.2 Å². The SMILES string of the molecule is CCCCCCCCCCCCCCCCCCC(=O)OCC(COC(=O)CCCCCCCCCCCC)OC(=O)CCCCCCCCCCCCCC. The third kappa shape index (κ3) is 43.5. The van der Waals surface area contributed by atoms with Gasteiger partial charge in [0.25, 0.3) is 0 Å². The monoisotopic (exact) mass is 793 g/mol. The fourth-order valence-electron chi connectivity index (χ4n) is 7.56. The minimum atomic E-state index is -0.758. The number of hydrogen-bond acceptors (Lipinski definition) is 6. The van der Waals surface area contributed by atoms with Crippen molar-refractivity contribution in [1.29, 1.82) is 0 Å². The van der Waals surface area contributed by atoms with Crippen LogP contribution < -0.4 is 0 Å². The molecule has 0 radical (unpaired) electrons. The van der Waals surface area contributed by atoms with Gasteiger partial charge in [0.15, 0.2) is 6.10 Å². The number of carbonyl (C=O) groups excluding carboxylic acids is 3. The Balaban J connectivity index is 4.27. The molecule has 0 heterocycles. The first-order valence-corrected chi connectivity index (χ1v) is 25.0. The van der Waals surface area contributed by atoms with E-state index in [9.17, 15) is 14.4 Å². The highest BCUT2D eigenvalue weighted by Gasteiger charge is 2.19. The maximum Gasteiger partial charge on any atom is 0.306 e. The summed E-state index contributed by atoms with van der Waals surface area (Å²) in [6.07, 6.45) is 48.0. The third-order valence-corrected chi connectivity index (χ3v) is 11.4. The van der Waals surface area contributed by atoms with Crippen molar-refractivity contribution in [3.8, 4) is 0 Å². The second kappa shape index (κ2) is 46.1. The third-order valence-electron chi connectivity index (χ3n) is 11.4. The van der Waals surface area contributed by atoms with Gasteiger partial charge in [-0.05, 0) is 19.3 Å². The summed E-state index contributed by atoms with van der Waals surface area (Å²) in [6, 6.07) is 0. The molecule has 1 unspecified atom stereocenters. The summed E-state index contributed by atoms with van der Waals surface area (Å²) in [6.45, 7) is 6.66. The predicted molar refractivity (Wildman–Crippen MR) is 238 cm³/mol. The Hall–Kier alpha value is -1.59. The number of carbonyl (C=O) groups is 3. The van der Waals surface area contributed by atoms with Gasteiger partial charge in [0, 0.05) is 19.3 Å². The summed E-state index contributed by atoms with van der Waals surface area (Å²) >= 11 is 0. The molecule has 0 amide bonds. The molecule has 0 aliphatic heterocycles. The summed E-state index contributed by atoms with van der Waals surface area (Å²) < 4.78 is 16.8. The predicted octanol–water partition coefficient (Wildman–Crippen LogP) is 16.0. The summed E-state index contributed by atoms with van der Waals surface area (Å²) in [5, 5.41) is 0. The number of rotatable bonds is 46. The minimum Gasteiger partial charge on any atom is -0.462 e. The summed E-state index contributed by atoms with van der Waals surface area (Å²) in [4.78, 5) is 37.8. The van der Waals surface area contributed by atoms with E-state index >= 15 is 0 Å². The van der Waals surface area contributed by atoms with Crippen LogP contribution in [0.5, 0.6) is 0 Å². The van der Waals surface area contributed by atoms with Crippen LogP contribution in [0, 0.1) is 0 Å². The molecule has 0 spiro atoms. The largest absolute Gasteiger partial charge is 0.462 e. The molecular formula is C50H96O6. The molecule has 6 heteroatoms. The van der Waals surface area contributed by atoms with Gasteiger partial charge in [0.2, 0.25) is 0 Å². The van der Waals surface area contributed by atoms with E-state index in [-0.39, 0.29) is 31.1 Å². The Morgan fingerprint density at radius 3 is 0.714 bits per heavy atom. The standard InChI is InChI=1S/C50H96O6/c1-4-7-10-13-16-19-22-24-25-26-27-29-31-34-37-40-43-49(52)55-46-47(45-54-48(51)42-39-36-33-30-21-18-15-12-9-6-3)56-50(53)44-41-38-35-32-28-23-20-17-14-11-8-5-2/h47H,4-46H2,1-3H3. The van der Waals surface area contributed by atoms with E-state index < -0.39 is 6.10 Å². The molecule has 1 atom stereocenters. The van der Waals surface area contributed by atoms with Gasteiger partial charge in [0.05, 0.1) is 0 Å². The van der Waals surface area contributed by atoms with E-state index in [2.05, 4.69) is 20.8 Å². The van der Waals surface area contributed by atoms with Crippen LogP contribution in [-0.2, 0) is 28.6 Å². The van der Waals surface area contributed by atoms with Crippen molar-refractivity contribution >= 4 is 17.9 Å². The molecule has 0 aliphatic rings. The maximum absolute atomic E-state index is 12.7. The van der Waals surface area contributed by atoms with Crippen molar-refractivity contribution in [1.82, 2.24) is 0 Å². The van der Waals surface area contributed by atoms with Gasteiger partial charge in [-0.1, -0.05) is 245 Å². The van der Waals surface area contributed by atoms with Gasteiger partial charge in [-0.3, -0.25) is 14.4 Å². The first-order chi connectivity index (χ1) is 27.5. The molecule has 332 valence electrons. The van der Waals surface area contributed by atoms with Crippen molar-refractivity contribution in [3.63, 3.8) is 0 Å². The molecule has 0 aromatic heterocycles. The molecule has 0 aliphatic carbocycles. The fraction of sp³-hybridized carbons (Fsp3) is 0.940. The van der Waals surface area contributed by atoms with Gasteiger partial charge in [0.1, 0.15) is 13.2 Å². The van der Waals surface area contributed by atoms with Gasteiger partial charge in [-0.2, -0.15) is 0 Å². The topological polar surface area (TPSA) is 78.9 Å². The lowest BCUT2D eigenvalue weighted by Crippen LogP contribution is -2.30. The minimum absolute atomic E-state index is 0.0621. The summed E-state index contributed by atoms with van der Waals surface area (Å²) in [5.74, 6) is -0.846. The van der Waals surface area contributed by atoms with Gasteiger partial charge in [-0.15, -0.1) is 0 Å². The smallest absolute Gasteiger partial charge is 0.306 e. The lowest BCUT2D eigenvalue weighted by atomic mass is 10.0. The van der Waals surface area contributed by atoms with Crippen molar-refractivity contribution in [2.24, 2.45) is 0 Å². The highest BCUT2D eigenvalue weighted by molar-refractivity contribution is 5.71. The van der Waals surface area contributed by atoms with Crippen LogP contribution >= 0.6 is 0 Å². The number of unbranched alkanes of at least 4 members (excludes halogenated alkanes) is 35. The van der Waals surface area contributed by atoms with E-state index in [0.29, 0.717) is 19.3 Å². The Bertz CT molecular complexity index is 828. The van der Waals surface area contributed by atoms with E-state index in [0.717, 1.165) is 57.8 Å². The molecule has 0 saturated carbocycles. The normalized spacial score (nSPS) is 11.8. The van der Waals surface area contributed by atoms with Crippen molar-refractivity contribution in [2.45, 2.75) is 290 Å². The van der Waals surface area contributed by atoms with Crippen LogP contribution in [0.3, 0.4) is 0 Å². The maximum atomic E-state index is 12.7. The lowest BCUT2D eigenvalue weighted by molar-refractivity contribution is -0.167. The van der Waals surface area contributed by atoms with Gasteiger partial charge < -0.3 is 14.2 Å².